The molecule has 4 nitrogen and oxygen atoms in total. The standard InChI is InChI=1S/C19H14BrNO3/c1-10-3-8-14-13(9-10)17(22)15-16(11-4-6-12(20)7-5-11)21(2)19(23)18(15)24-14/h3-9,16H,1-2H3. The van der Waals surface area contributed by atoms with Gasteiger partial charge in [-0.3, -0.25) is 9.59 Å². The molecule has 24 heavy (non-hydrogen) atoms. The molecular weight excluding hydrogens is 370 g/mol. The van der Waals surface area contributed by atoms with Gasteiger partial charge < -0.3 is 9.32 Å². The molecule has 5 heteroatoms. The first kappa shape index (κ1) is 15.1. The third-order valence-corrected chi connectivity index (χ3v) is 4.97. The molecule has 0 saturated heterocycles. The van der Waals surface area contributed by atoms with Crippen molar-refractivity contribution in [3.63, 3.8) is 0 Å². The molecule has 3 aromatic rings. The highest BCUT2D eigenvalue weighted by molar-refractivity contribution is 9.10. The third-order valence-electron chi connectivity index (χ3n) is 4.44. The fourth-order valence-electron chi connectivity index (χ4n) is 3.24. The van der Waals surface area contributed by atoms with Gasteiger partial charge in [-0.25, -0.2) is 0 Å². The number of carbonyl (C=O) groups is 1. The minimum atomic E-state index is -0.429. The van der Waals surface area contributed by atoms with E-state index in [-0.39, 0.29) is 17.1 Å². The molecule has 1 aliphatic rings. The Morgan fingerprint density at radius 1 is 1.08 bits per heavy atom. The summed E-state index contributed by atoms with van der Waals surface area (Å²) >= 11 is 3.41. The van der Waals surface area contributed by atoms with Gasteiger partial charge in [0.2, 0.25) is 5.76 Å². The number of hydrogen-bond donors (Lipinski definition) is 0. The van der Waals surface area contributed by atoms with Crippen LogP contribution in [0.4, 0.5) is 0 Å². The minimum Gasteiger partial charge on any atom is -0.450 e. The van der Waals surface area contributed by atoms with Crippen molar-refractivity contribution in [3.05, 3.63) is 79.6 Å². The predicted octanol–water partition coefficient (Wildman–Crippen LogP) is 4.04. The van der Waals surface area contributed by atoms with Crippen molar-refractivity contribution in [3.8, 4) is 0 Å². The molecule has 1 amide bonds. The van der Waals surface area contributed by atoms with E-state index in [0.29, 0.717) is 16.5 Å². The molecule has 0 N–H and O–H groups in total. The maximum atomic E-state index is 13.1. The van der Waals surface area contributed by atoms with Crippen molar-refractivity contribution in [1.29, 1.82) is 0 Å². The largest absolute Gasteiger partial charge is 0.450 e. The number of aryl methyl sites for hydroxylation is 1. The van der Waals surface area contributed by atoms with Gasteiger partial charge in [0.1, 0.15) is 5.58 Å². The van der Waals surface area contributed by atoms with Crippen LogP contribution >= 0.6 is 15.9 Å². The molecule has 1 aliphatic heterocycles. The lowest BCUT2D eigenvalue weighted by atomic mass is 9.98. The van der Waals surface area contributed by atoms with E-state index in [1.54, 1.807) is 18.0 Å². The molecular formula is C19H14BrNO3. The first-order chi connectivity index (χ1) is 11.5. The lowest BCUT2D eigenvalue weighted by Gasteiger charge is -2.20. The van der Waals surface area contributed by atoms with E-state index in [1.165, 1.54) is 0 Å². The first-order valence-corrected chi connectivity index (χ1v) is 8.36. The maximum absolute atomic E-state index is 13.1. The number of halogens is 1. The third kappa shape index (κ3) is 2.12. The number of rotatable bonds is 1. The van der Waals surface area contributed by atoms with Gasteiger partial charge in [-0.2, -0.15) is 0 Å². The number of hydrogen-bond acceptors (Lipinski definition) is 3. The zero-order valence-electron chi connectivity index (χ0n) is 13.2. The zero-order valence-corrected chi connectivity index (χ0v) is 14.8. The Morgan fingerprint density at radius 2 is 1.79 bits per heavy atom. The second kappa shape index (κ2) is 5.31. The molecule has 0 fully saturated rings. The van der Waals surface area contributed by atoms with Crippen LogP contribution in [-0.4, -0.2) is 17.9 Å². The number of nitrogens with zero attached hydrogens (tertiary/aromatic N) is 1. The van der Waals surface area contributed by atoms with Crippen LogP contribution in [0.3, 0.4) is 0 Å². The van der Waals surface area contributed by atoms with Crippen molar-refractivity contribution in [2.45, 2.75) is 13.0 Å². The Balaban J connectivity index is 2.03. The lowest BCUT2D eigenvalue weighted by molar-refractivity contribution is 0.0771. The molecule has 0 spiro atoms. The molecule has 0 aliphatic carbocycles. The summed E-state index contributed by atoms with van der Waals surface area (Å²) in [5.41, 5.74) is 2.59. The average molecular weight is 384 g/mol. The van der Waals surface area contributed by atoms with E-state index in [2.05, 4.69) is 15.9 Å². The summed E-state index contributed by atoms with van der Waals surface area (Å²) in [5.74, 6) is -0.121. The molecule has 120 valence electrons. The first-order valence-electron chi connectivity index (χ1n) is 7.57. The Morgan fingerprint density at radius 3 is 2.50 bits per heavy atom. The number of carbonyl (C=O) groups excluding carboxylic acids is 1. The lowest BCUT2D eigenvalue weighted by Crippen LogP contribution is -2.25. The van der Waals surface area contributed by atoms with Crippen LogP contribution in [0.25, 0.3) is 11.0 Å². The molecule has 2 aromatic carbocycles. The van der Waals surface area contributed by atoms with E-state index in [9.17, 15) is 9.59 Å². The molecule has 1 aromatic heterocycles. The van der Waals surface area contributed by atoms with Gasteiger partial charge in [-0.15, -0.1) is 0 Å². The van der Waals surface area contributed by atoms with Crippen molar-refractivity contribution >= 4 is 32.8 Å². The highest BCUT2D eigenvalue weighted by Gasteiger charge is 2.40. The molecule has 1 atom stereocenters. The quantitative estimate of drug-likeness (QED) is 0.637. The average Bonchev–Trinajstić information content (AvgIpc) is 2.82. The Kier molecular flexibility index (Phi) is 3.35. The summed E-state index contributed by atoms with van der Waals surface area (Å²) in [5, 5.41) is 0.513. The Labute approximate surface area is 146 Å². The molecule has 4 rings (SSSR count). The normalized spacial score (nSPS) is 16.7. The van der Waals surface area contributed by atoms with Gasteiger partial charge in [0.15, 0.2) is 5.43 Å². The highest BCUT2D eigenvalue weighted by atomic mass is 79.9. The molecule has 0 radical (unpaired) electrons. The van der Waals surface area contributed by atoms with Gasteiger partial charge in [0, 0.05) is 11.5 Å². The minimum absolute atomic E-state index is 0.138. The summed E-state index contributed by atoms with van der Waals surface area (Å²) < 4.78 is 6.74. The van der Waals surface area contributed by atoms with Gasteiger partial charge in [0.05, 0.1) is 17.0 Å². The van der Waals surface area contributed by atoms with Crippen LogP contribution in [-0.2, 0) is 0 Å². The fraction of sp³-hybridized carbons (Fsp3) is 0.158. The highest BCUT2D eigenvalue weighted by Crippen LogP contribution is 2.37. The summed E-state index contributed by atoms with van der Waals surface area (Å²) in [6.45, 7) is 1.93. The van der Waals surface area contributed by atoms with Crippen LogP contribution < -0.4 is 5.43 Å². The number of benzene rings is 2. The SMILES string of the molecule is Cc1ccc2oc3c(c(=O)c2c1)C(c1ccc(Br)cc1)N(C)C3=O. The molecule has 0 bridgehead atoms. The monoisotopic (exact) mass is 383 g/mol. The maximum Gasteiger partial charge on any atom is 0.290 e. The van der Waals surface area contributed by atoms with E-state index >= 15 is 0 Å². The van der Waals surface area contributed by atoms with Crippen LogP contribution in [0.2, 0.25) is 0 Å². The van der Waals surface area contributed by atoms with Gasteiger partial charge in [-0.05, 0) is 36.8 Å². The van der Waals surface area contributed by atoms with Crippen LogP contribution in [0.1, 0.15) is 33.3 Å². The van der Waals surface area contributed by atoms with Crippen molar-refractivity contribution in [2.24, 2.45) is 0 Å². The number of fused-ring (bicyclic) bond motifs is 2. The molecule has 1 unspecified atom stereocenters. The van der Waals surface area contributed by atoms with Crippen LogP contribution in [0, 0.1) is 6.92 Å². The van der Waals surface area contributed by atoms with E-state index < -0.39 is 6.04 Å². The van der Waals surface area contributed by atoms with E-state index in [0.717, 1.165) is 15.6 Å². The van der Waals surface area contributed by atoms with Crippen molar-refractivity contribution < 1.29 is 9.21 Å². The second-order valence-corrected chi connectivity index (χ2v) is 6.96. The van der Waals surface area contributed by atoms with Crippen molar-refractivity contribution in [1.82, 2.24) is 4.90 Å². The van der Waals surface area contributed by atoms with Crippen LogP contribution in [0.5, 0.6) is 0 Å². The predicted molar refractivity (Wildman–Crippen MR) is 95.3 cm³/mol. The van der Waals surface area contributed by atoms with Gasteiger partial charge in [0.25, 0.3) is 5.91 Å². The molecule has 2 heterocycles. The topological polar surface area (TPSA) is 50.5 Å². The summed E-state index contributed by atoms with van der Waals surface area (Å²) in [4.78, 5) is 27.2. The van der Waals surface area contributed by atoms with E-state index in [1.807, 2.05) is 43.3 Å². The summed E-state index contributed by atoms with van der Waals surface area (Å²) in [6.07, 6.45) is 0. The second-order valence-electron chi connectivity index (χ2n) is 6.04. The molecule has 0 saturated carbocycles. The fourth-order valence-corrected chi connectivity index (χ4v) is 3.50. The van der Waals surface area contributed by atoms with Crippen LogP contribution in [0.15, 0.2) is 56.1 Å². The van der Waals surface area contributed by atoms with Gasteiger partial charge in [-0.1, -0.05) is 39.7 Å². The smallest absolute Gasteiger partial charge is 0.290 e. The van der Waals surface area contributed by atoms with Gasteiger partial charge >= 0.3 is 0 Å². The van der Waals surface area contributed by atoms with E-state index in [4.69, 9.17) is 4.42 Å². The number of amides is 1. The summed E-state index contributed by atoms with van der Waals surface area (Å²) in [7, 11) is 1.69. The van der Waals surface area contributed by atoms with Crippen molar-refractivity contribution in [2.75, 3.05) is 7.05 Å². The Bertz CT molecular complexity index is 1040. The summed E-state index contributed by atoms with van der Waals surface area (Å²) in [6, 6.07) is 12.6. The Hall–Kier alpha value is -2.40. The zero-order chi connectivity index (χ0) is 17.0.